The van der Waals surface area contributed by atoms with Crippen LogP contribution in [0.4, 0.5) is 0 Å². The zero-order chi connectivity index (χ0) is 11.7. The Kier molecular flexibility index (Phi) is 2.22. The molecule has 0 saturated carbocycles. The Labute approximate surface area is 97.8 Å². The van der Waals surface area contributed by atoms with Gasteiger partial charge in [0.05, 0.1) is 11.0 Å². The van der Waals surface area contributed by atoms with Crippen LogP contribution in [0.1, 0.15) is 0 Å². The molecule has 2 aromatic heterocycles. The van der Waals surface area contributed by atoms with Gasteiger partial charge in [0, 0.05) is 17.8 Å². The SMILES string of the molecule is O=c1ccc2nccc(-c3ccccc3)c2[nH]1. The van der Waals surface area contributed by atoms with E-state index in [1.807, 2.05) is 36.4 Å². The predicted molar refractivity (Wildman–Crippen MR) is 67.8 cm³/mol. The molecule has 0 radical (unpaired) electrons. The van der Waals surface area contributed by atoms with Crippen molar-refractivity contribution in [1.82, 2.24) is 9.97 Å². The predicted octanol–water partition coefficient (Wildman–Crippen LogP) is 2.59. The Morgan fingerprint density at radius 3 is 2.59 bits per heavy atom. The molecule has 0 aliphatic rings. The van der Waals surface area contributed by atoms with E-state index in [2.05, 4.69) is 9.97 Å². The third kappa shape index (κ3) is 1.72. The maximum absolute atomic E-state index is 11.4. The van der Waals surface area contributed by atoms with Gasteiger partial charge in [-0.25, -0.2) is 0 Å². The van der Waals surface area contributed by atoms with Crippen LogP contribution in [-0.4, -0.2) is 9.97 Å². The Morgan fingerprint density at radius 1 is 0.941 bits per heavy atom. The largest absolute Gasteiger partial charge is 0.320 e. The summed E-state index contributed by atoms with van der Waals surface area (Å²) >= 11 is 0. The minimum Gasteiger partial charge on any atom is -0.320 e. The molecule has 3 rings (SSSR count). The van der Waals surface area contributed by atoms with Gasteiger partial charge in [0.15, 0.2) is 0 Å². The highest BCUT2D eigenvalue weighted by Crippen LogP contribution is 2.24. The normalized spacial score (nSPS) is 10.6. The van der Waals surface area contributed by atoms with Crippen LogP contribution in [0.25, 0.3) is 22.2 Å². The molecule has 0 aliphatic carbocycles. The molecule has 3 aromatic rings. The van der Waals surface area contributed by atoms with Crippen molar-refractivity contribution in [2.45, 2.75) is 0 Å². The van der Waals surface area contributed by atoms with Crippen LogP contribution in [0.2, 0.25) is 0 Å². The second kappa shape index (κ2) is 3.87. The van der Waals surface area contributed by atoms with Gasteiger partial charge in [0.2, 0.25) is 5.56 Å². The van der Waals surface area contributed by atoms with Crippen LogP contribution in [0, 0.1) is 0 Å². The monoisotopic (exact) mass is 222 g/mol. The van der Waals surface area contributed by atoms with E-state index in [1.54, 1.807) is 12.3 Å². The van der Waals surface area contributed by atoms with Gasteiger partial charge < -0.3 is 4.98 Å². The number of aromatic nitrogens is 2. The summed E-state index contributed by atoms with van der Waals surface area (Å²) in [6.07, 6.45) is 1.75. The van der Waals surface area contributed by atoms with E-state index in [1.165, 1.54) is 6.07 Å². The number of hydrogen-bond acceptors (Lipinski definition) is 2. The van der Waals surface area contributed by atoms with Gasteiger partial charge in [-0.3, -0.25) is 9.78 Å². The van der Waals surface area contributed by atoms with Gasteiger partial charge in [0.1, 0.15) is 0 Å². The molecular formula is C14H10N2O. The molecule has 0 fully saturated rings. The van der Waals surface area contributed by atoms with Gasteiger partial charge in [0.25, 0.3) is 0 Å². The quantitative estimate of drug-likeness (QED) is 0.687. The fourth-order valence-electron chi connectivity index (χ4n) is 1.91. The number of nitrogens with zero attached hydrogens (tertiary/aromatic N) is 1. The topological polar surface area (TPSA) is 45.8 Å². The first-order chi connectivity index (χ1) is 8.34. The highest BCUT2D eigenvalue weighted by molar-refractivity contribution is 5.90. The zero-order valence-corrected chi connectivity index (χ0v) is 9.05. The minimum absolute atomic E-state index is 0.109. The van der Waals surface area contributed by atoms with Crippen LogP contribution >= 0.6 is 0 Å². The molecule has 3 heteroatoms. The maximum Gasteiger partial charge on any atom is 0.248 e. The first-order valence-electron chi connectivity index (χ1n) is 5.38. The highest BCUT2D eigenvalue weighted by atomic mass is 16.1. The Hall–Kier alpha value is -2.42. The Morgan fingerprint density at radius 2 is 1.76 bits per heavy atom. The van der Waals surface area contributed by atoms with Crippen molar-refractivity contribution in [3.8, 4) is 11.1 Å². The molecule has 0 unspecified atom stereocenters. The zero-order valence-electron chi connectivity index (χ0n) is 9.05. The fraction of sp³-hybridized carbons (Fsp3) is 0. The van der Waals surface area contributed by atoms with Crippen molar-refractivity contribution < 1.29 is 0 Å². The van der Waals surface area contributed by atoms with Crippen molar-refractivity contribution >= 4 is 11.0 Å². The van der Waals surface area contributed by atoms with Crippen molar-refractivity contribution in [3.63, 3.8) is 0 Å². The second-order valence-electron chi connectivity index (χ2n) is 3.81. The van der Waals surface area contributed by atoms with E-state index >= 15 is 0 Å². The van der Waals surface area contributed by atoms with Crippen molar-refractivity contribution in [1.29, 1.82) is 0 Å². The van der Waals surface area contributed by atoms with Gasteiger partial charge in [-0.2, -0.15) is 0 Å². The average molecular weight is 222 g/mol. The fourth-order valence-corrected chi connectivity index (χ4v) is 1.91. The van der Waals surface area contributed by atoms with E-state index in [0.717, 1.165) is 22.2 Å². The average Bonchev–Trinajstić information content (AvgIpc) is 2.39. The van der Waals surface area contributed by atoms with E-state index < -0.39 is 0 Å². The molecule has 0 spiro atoms. The summed E-state index contributed by atoms with van der Waals surface area (Å²) in [6.45, 7) is 0. The first-order valence-corrected chi connectivity index (χ1v) is 5.38. The van der Waals surface area contributed by atoms with E-state index in [9.17, 15) is 4.79 Å². The number of benzene rings is 1. The summed E-state index contributed by atoms with van der Waals surface area (Å²) in [6, 6.07) is 15.1. The molecule has 0 saturated heterocycles. The lowest BCUT2D eigenvalue weighted by Gasteiger charge is -2.05. The standard InChI is InChI=1S/C14H10N2O/c17-13-7-6-12-14(16-13)11(8-9-15-12)10-4-2-1-3-5-10/h1-9H,(H,16,17). The molecule has 2 heterocycles. The second-order valence-corrected chi connectivity index (χ2v) is 3.81. The van der Waals surface area contributed by atoms with Gasteiger partial charge in [-0.15, -0.1) is 0 Å². The smallest absolute Gasteiger partial charge is 0.248 e. The minimum atomic E-state index is -0.109. The Bertz CT molecular complexity index is 717. The summed E-state index contributed by atoms with van der Waals surface area (Å²) < 4.78 is 0. The molecule has 3 nitrogen and oxygen atoms in total. The van der Waals surface area contributed by atoms with Crippen LogP contribution < -0.4 is 5.56 Å². The third-order valence-corrected chi connectivity index (χ3v) is 2.71. The highest BCUT2D eigenvalue weighted by Gasteiger charge is 2.04. The van der Waals surface area contributed by atoms with Crippen LogP contribution in [0.5, 0.6) is 0 Å². The molecule has 0 bridgehead atoms. The molecule has 0 amide bonds. The summed E-state index contributed by atoms with van der Waals surface area (Å²) in [5, 5.41) is 0. The number of hydrogen-bond donors (Lipinski definition) is 1. The third-order valence-electron chi connectivity index (χ3n) is 2.71. The van der Waals surface area contributed by atoms with Gasteiger partial charge in [-0.1, -0.05) is 30.3 Å². The Balaban J connectivity index is 2.37. The summed E-state index contributed by atoms with van der Waals surface area (Å²) in [4.78, 5) is 18.5. The lowest BCUT2D eigenvalue weighted by molar-refractivity contribution is 1.27. The number of fused-ring (bicyclic) bond motifs is 1. The summed E-state index contributed by atoms with van der Waals surface area (Å²) in [7, 11) is 0. The van der Waals surface area contributed by atoms with Crippen molar-refractivity contribution in [2.24, 2.45) is 0 Å². The number of pyridine rings is 2. The molecule has 1 N–H and O–H groups in total. The number of aromatic amines is 1. The number of H-pyrrole nitrogens is 1. The lowest BCUT2D eigenvalue weighted by atomic mass is 10.1. The molecule has 82 valence electrons. The first kappa shape index (κ1) is 9.78. The summed E-state index contributed by atoms with van der Waals surface area (Å²) in [5.74, 6) is 0. The van der Waals surface area contributed by atoms with E-state index in [4.69, 9.17) is 0 Å². The van der Waals surface area contributed by atoms with Crippen LogP contribution in [-0.2, 0) is 0 Å². The number of rotatable bonds is 1. The van der Waals surface area contributed by atoms with Crippen molar-refractivity contribution in [2.75, 3.05) is 0 Å². The molecule has 17 heavy (non-hydrogen) atoms. The van der Waals surface area contributed by atoms with Gasteiger partial charge >= 0.3 is 0 Å². The number of nitrogens with one attached hydrogen (secondary N) is 1. The lowest BCUT2D eigenvalue weighted by Crippen LogP contribution is -2.03. The van der Waals surface area contributed by atoms with E-state index in [0.29, 0.717) is 0 Å². The van der Waals surface area contributed by atoms with Gasteiger partial charge in [-0.05, 0) is 17.7 Å². The molecule has 1 aromatic carbocycles. The molecule has 0 aliphatic heterocycles. The van der Waals surface area contributed by atoms with E-state index in [-0.39, 0.29) is 5.56 Å². The van der Waals surface area contributed by atoms with Crippen LogP contribution in [0.3, 0.4) is 0 Å². The van der Waals surface area contributed by atoms with Crippen LogP contribution in [0.15, 0.2) is 59.5 Å². The molecule has 0 atom stereocenters. The molecular weight excluding hydrogens is 212 g/mol. The summed E-state index contributed by atoms with van der Waals surface area (Å²) in [5.41, 5.74) is 3.54. The van der Waals surface area contributed by atoms with Crippen molar-refractivity contribution in [3.05, 3.63) is 65.1 Å². The maximum atomic E-state index is 11.4.